The van der Waals surface area contributed by atoms with Crippen molar-refractivity contribution in [1.82, 2.24) is 0 Å². The van der Waals surface area contributed by atoms with Gasteiger partial charge in [0.2, 0.25) is 0 Å². The van der Waals surface area contributed by atoms with Crippen molar-refractivity contribution in [3.05, 3.63) is 23.8 Å². The van der Waals surface area contributed by atoms with Crippen molar-refractivity contribution in [2.75, 3.05) is 6.61 Å². The number of aliphatic hydroxyl groups is 8. The van der Waals surface area contributed by atoms with Gasteiger partial charge in [0.05, 0.1) is 30.0 Å². The maximum atomic E-state index is 14.6. The van der Waals surface area contributed by atoms with E-state index in [2.05, 4.69) is 19.9 Å². The Kier molecular flexibility index (Phi) is 9.39. The summed E-state index contributed by atoms with van der Waals surface area (Å²) in [4.78, 5) is 14.6. The van der Waals surface area contributed by atoms with Gasteiger partial charge in [0.1, 0.15) is 36.3 Å². The van der Waals surface area contributed by atoms with Gasteiger partial charge in [0.25, 0.3) is 0 Å². The molecule has 268 valence electrons. The molecule has 1 heterocycles. The minimum Gasteiger partial charge on any atom is -0.394 e. The molecule has 1 aliphatic heterocycles. The number of ether oxygens (including phenoxy) is 2. The van der Waals surface area contributed by atoms with Crippen LogP contribution in [0.2, 0.25) is 0 Å². The van der Waals surface area contributed by atoms with Crippen LogP contribution in [-0.4, -0.2) is 113 Å². The smallest absolute Gasteiger partial charge is 0.187 e. The van der Waals surface area contributed by atoms with Crippen LogP contribution in [0, 0.1) is 39.4 Å². The van der Waals surface area contributed by atoms with Crippen molar-refractivity contribution in [3.8, 4) is 0 Å². The zero-order valence-electron chi connectivity index (χ0n) is 29.1. The van der Waals surface area contributed by atoms with Crippen molar-refractivity contribution in [3.63, 3.8) is 0 Å². The Morgan fingerprint density at radius 1 is 1.00 bits per heavy atom. The molecule has 0 bridgehead atoms. The first-order valence-corrected chi connectivity index (χ1v) is 17.2. The Hall–Kier alpha value is -1.25. The average Bonchev–Trinajstić information content (AvgIpc) is 3.17. The number of carbonyl (C=O) groups is 1. The van der Waals surface area contributed by atoms with E-state index in [1.807, 2.05) is 20.8 Å². The highest BCUT2D eigenvalue weighted by atomic mass is 16.7. The number of aliphatic hydroxyl groups excluding tert-OH is 6. The van der Waals surface area contributed by atoms with Crippen molar-refractivity contribution < 1.29 is 55.1 Å². The molecule has 4 fully saturated rings. The summed E-state index contributed by atoms with van der Waals surface area (Å²) < 4.78 is 12.0. The van der Waals surface area contributed by atoms with Crippen LogP contribution in [0.3, 0.4) is 0 Å². The van der Waals surface area contributed by atoms with E-state index >= 15 is 0 Å². The molecule has 8 N–H and O–H groups in total. The van der Waals surface area contributed by atoms with Gasteiger partial charge in [-0.3, -0.25) is 4.79 Å². The third kappa shape index (κ3) is 5.52. The highest BCUT2D eigenvalue weighted by Crippen LogP contribution is 2.74. The second-order valence-corrected chi connectivity index (χ2v) is 17.3. The van der Waals surface area contributed by atoms with Gasteiger partial charge in [-0.2, -0.15) is 0 Å². The molecule has 0 amide bonds. The highest BCUT2D eigenvalue weighted by molar-refractivity contribution is 5.88. The first kappa shape index (κ1) is 37.0. The zero-order valence-corrected chi connectivity index (χ0v) is 29.1. The monoisotopic (exact) mass is 666 g/mol. The van der Waals surface area contributed by atoms with Crippen molar-refractivity contribution in [2.24, 2.45) is 39.4 Å². The van der Waals surface area contributed by atoms with Gasteiger partial charge in [-0.1, -0.05) is 58.4 Å². The fourth-order valence-corrected chi connectivity index (χ4v) is 10.8. The lowest BCUT2D eigenvalue weighted by Crippen LogP contribution is -2.65. The number of Topliss-reactive ketones (excluding diaryl/α,β-unsaturated/α-hetero) is 1. The summed E-state index contributed by atoms with van der Waals surface area (Å²) in [5, 5.41) is 85.7. The Morgan fingerprint density at radius 2 is 1.64 bits per heavy atom. The Morgan fingerprint density at radius 3 is 2.23 bits per heavy atom. The Bertz CT molecular complexity index is 1270. The average molecular weight is 667 g/mol. The van der Waals surface area contributed by atoms with Gasteiger partial charge in [0.15, 0.2) is 6.29 Å². The fraction of sp³-hybridized carbons (Fsp3) is 0.861. The molecule has 3 unspecified atom stereocenters. The molecular weight excluding hydrogens is 608 g/mol. The predicted octanol–water partition coefficient (Wildman–Crippen LogP) is 1.37. The van der Waals surface area contributed by atoms with Crippen LogP contribution >= 0.6 is 0 Å². The Labute approximate surface area is 278 Å². The quantitative estimate of drug-likeness (QED) is 0.183. The van der Waals surface area contributed by atoms with E-state index in [0.29, 0.717) is 25.7 Å². The molecule has 0 radical (unpaired) electrons. The largest absolute Gasteiger partial charge is 0.394 e. The summed E-state index contributed by atoms with van der Waals surface area (Å²) in [6, 6.07) is 0. The van der Waals surface area contributed by atoms with Gasteiger partial charge in [-0.15, -0.1) is 0 Å². The summed E-state index contributed by atoms with van der Waals surface area (Å²) in [7, 11) is 0. The standard InChI is InChI=1S/C36H58O11/c1-31(2,44)14-13-23(39)36(8,45)29-20(38)15-33(5)22-11-9-18-19(35(22,7)24(40)16-34(29,33)6)10-12-25(32(18,3)4)47-30-28(43)27(42)26(41)21(17-37)46-30/h9,13-14,19-23,25-30,37-39,41-45H,10-12,15-17H2,1-8H3/b14-13+/t19-,20?,21-,22+,23?,25?,26-,27+,28-,29+,30+,33+,34-,35+,36+/m1/s1. The van der Waals surface area contributed by atoms with Gasteiger partial charge in [0, 0.05) is 23.2 Å². The van der Waals surface area contributed by atoms with Gasteiger partial charge >= 0.3 is 0 Å². The zero-order chi connectivity index (χ0) is 35.3. The van der Waals surface area contributed by atoms with E-state index in [4.69, 9.17) is 9.47 Å². The Balaban J connectivity index is 1.45. The van der Waals surface area contributed by atoms with E-state index in [-0.39, 0.29) is 24.0 Å². The third-order valence-corrected chi connectivity index (χ3v) is 13.6. The topological polar surface area (TPSA) is 197 Å². The molecule has 0 aromatic rings. The minimum atomic E-state index is -1.78. The molecule has 47 heavy (non-hydrogen) atoms. The van der Waals surface area contributed by atoms with Crippen LogP contribution in [0.15, 0.2) is 23.8 Å². The van der Waals surface area contributed by atoms with Crippen LogP contribution in [-0.2, 0) is 14.3 Å². The third-order valence-electron chi connectivity index (χ3n) is 13.6. The second-order valence-electron chi connectivity index (χ2n) is 17.3. The molecule has 0 spiro atoms. The van der Waals surface area contributed by atoms with Gasteiger partial charge in [-0.25, -0.2) is 0 Å². The second kappa shape index (κ2) is 11.9. The van der Waals surface area contributed by atoms with Crippen LogP contribution in [0.4, 0.5) is 0 Å². The number of rotatable bonds is 7. The minimum absolute atomic E-state index is 0.0681. The lowest BCUT2D eigenvalue weighted by Gasteiger charge is -2.65. The van der Waals surface area contributed by atoms with E-state index in [9.17, 15) is 45.6 Å². The molecule has 11 heteroatoms. The molecule has 1 saturated heterocycles. The fourth-order valence-electron chi connectivity index (χ4n) is 10.8. The normalized spacial score (nSPS) is 48.7. The lowest BCUT2D eigenvalue weighted by atomic mass is 9.38. The van der Waals surface area contributed by atoms with Crippen molar-refractivity contribution in [1.29, 1.82) is 0 Å². The number of fused-ring (bicyclic) bond motifs is 5. The molecule has 5 rings (SSSR count). The number of hydrogen-bond acceptors (Lipinski definition) is 11. The number of carbonyl (C=O) groups excluding carboxylic acids is 1. The molecule has 0 aromatic heterocycles. The molecule has 0 aromatic carbocycles. The number of hydrogen-bond donors (Lipinski definition) is 8. The summed E-state index contributed by atoms with van der Waals surface area (Å²) in [6.07, 6.45) is -2.46. The van der Waals surface area contributed by atoms with E-state index in [1.165, 1.54) is 19.1 Å². The maximum absolute atomic E-state index is 14.6. The van der Waals surface area contributed by atoms with Crippen LogP contribution in [0.25, 0.3) is 0 Å². The highest BCUT2D eigenvalue weighted by Gasteiger charge is 2.74. The molecule has 5 aliphatic rings. The van der Waals surface area contributed by atoms with Crippen molar-refractivity contribution in [2.45, 2.75) is 148 Å². The van der Waals surface area contributed by atoms with Gasteiger partial charge < -0.3 is 50.3 Å². The molecule has 3 saturated carbocycles. The number of allylic oxidation sites excluding steroid dienone is 1. The SMILES string of the molecule is CC(C)(O)/C=C/C(O)[C@](C)(O)[C@H]1C(O)C[C@@]2(C)[C@@H]3CC=C4[C@@H](CCC(O[C@@H]5O[C@H](CO)[C@@H](O)[C@H](O)[C@H]5O)C4(C)C)[C@]3(C)C(=O)C[C@]12C. The van der Waals surface area contributed by atoms with E-state index < -0.39 is 94.4 Å². The molecule has 4 aliphatic carbocycles. The van der Waals surface area contributed by atoms with Crippen LogP contribution < -0.4 is 0 Å². The van der Waals surface area contributed by atoms with Crippen LogP contribution in [0.1, 0.15) is 87.5 Å². The lowest BCUT2D eigenvalue weighted by molar-refractivity contribution is -0.319. The summed E-state index contributed by atoms with van der Waals surface area (Å²) in [6.45, 7) is 14.3. The van der Waals surface area contributed by atoms with E-state index in [1.54, 1.807) is 13.8 Å². The maximum Gasteiger partial charge on any atom is 0.187 e. The molecule has 11 nitrogen and oxygen atoms in total. The van der Waals surface area contributed by atoms with Crippen molar-refractivity contribution >= 4 is 5.78 Å². The predicted molar refractivity (Wildman–Crippen MR) is 171 cm³/mol. The molecular formula is C36H58O11. The molecule has 15 atom stereocenters. The number of ketones is 1. The first-order chi connectivity index (χ1) is 21.5. The van der Waals surface area contributed by atoms with E-state index in [0.717, 1.165) is 5.57 Å². The first-order valence-electron chi connectivity index (χ1n) is 17.2. The summed E-state index contributed by atoms with van der Waals surface area (Å²) in [5.41, 5.74) is -4.64. The van der Waals surface area contributed by atoms with Crippen LogP contribution in [0.5, 0.6) is 0 Å². The summed E-state index contributed by atoms with van der Waals surface area (Å²) in [5.74, 6) is -0.997. The van der Waals surface area contributed by atoms with Gasteiger partial charge in [-0.05, 0) is 69.1 Å². The summed E-state index contributed by atoms with van der Waals surface area (Å²) >= 11 is 0.